The van der Waals surface area contributed by atoms with Crippen molar-refractivity contribution in [3.05, 3.63) is 0 Å². The first-order valence-electron chi connectivity index (χ1n) is 5.93. The van der Waals surface area contributed by atoms with Crippen molar-refractivity contribution in [2.75, 3.05) is 13.1 Å². The fraction of sp³-hybridized carbons (Fsp3) is 0.917. The van der Waals surface area contributed by atoms with E-state index in [1.165, 1.54) is 0 Å². The minimum absolute atomic E-state index is 0.329. The van der Waals surface area contributed by atoms with E-state index in [0.29, 0.717) is 18.2 Å². The van der Waals surface area contributed by atoms with Gasteiger partial charge in [-0.2, -0.15) is 0 Å². The van der Waals surface area contributed by atoms with E-state index in [2.05, 4.69) is 27.7 Å². The van der Waals surface area contributed by atoms with Gasteiger partial charge in [0.2, 0.25) is 5.91 Å². The van der Waals surface area contributed by atoms with Gasteiger partial charge >= 0.3 is 0 Å². The summed E-state index contributed by atoms with van der Waals surface area (Å²) in [5.41, 5.74) is 0. The lowest BCUT2D eigenvalue weighted by molar-refractivity contribution is -0.132. The fourth-order valence-corrected chi connectivity index (χ4v) is 1.38. The van der Waals surface area contributed by atoms with Crippen molar-refractivity contribution in [2.24, 2.45) is 5.92 Å². The summed E-state index contributed by atoms with van der Waals surface area (Å²) in [6.45, 7) is 10.3. The summed E-state index contributed by atoms with van der Waals surface area (Å²) >= 11 is 0. The van der Waals surface area contributed by atoms with Gasteiger partial charge in [0.25, 0.3) is 0 Å². The van der Waals surface area contributed by atoms with E-state index < -0.39 is 0 Å². The molecule has 0 saturated carbocycles. The van der Waals surface area contributed by atoms with Crippen molar-refractivity contribution in [1.82, 2.24) is 4.90 Å². The molecule has 2 nitrogen and oxygen atoms in total. The van der Waals surface area contributed by atoms with Gasteiger partial charge in [0.15, 0.2) is 0 Å². The van der Waals surface area contributed by atoms with Gasteiger partial charge in [-0.25, -0.2) is 0 Å². The fourth-order valence-electron chi connectivity index (χ4n) is 1.38. The van der Waals surface area contributed by atoms with Crippen LogP contribution >= 0.6 is 0 Å². The average Bonchev–Trinajstić information content (AvgIpc) is 2.18. The van der Waals surface area contributed by atoms with Gasteiger partial charge in [0, 0.05) is 19.5 Å². The highest BCUT2D eigenvalue weighted by Crippen LogP contribution is 2.09. The maximum atomic E-state index is 11.8. The van der Waals surface area contributed by atoms with Gasteiger partial charge in [-0.05, 0) is 19.3 Å². The molecule has 0 aromatic rings. The molecule has 0 aliphatic carbocycles. The monoisotopic (exact) mass is 199 g/mol. The van der Waals surface area contributed by atoms with E-state index in [4.69, 9.17) is 0 Å². The quantitative estimate of drug-likeness (QED) is 0.617. The summed E-state index contributed by atoms with van der Waals surface area (Å²) in [5.74, 6) is 0.855. The van der Waals surface area contributed by atoms with Crippen LogP contribution in [0.1, 0.15) is 53.4 Å². The van der Waals surface area contributed by atoms with Gasteiger partial charge in [-0.1, -0.05) is 33.6 Å². The summed E-state index contributed by atoms with van der Waals surface area (Å²) in [6, 6.07) is 0. The molecular weight excluding hydrogens is 174 g/mol. The Labute approximate surface area is 88.7 Å². The first kappa shape index (κ1) is 13.5. The smallest absolute Gasteiger partial charge is 0.222 e. The van der Waals surface area contributed by atoms with Crippen LogP contribution in [-0.2, 0) is 4.79 Å². The highest BCUT2D eigenvalue weighted by atomic mass is 16.2. The zero-order valence-corrected chi connectivity index (χ0v) is 10.2. The van der Waals surface area contributed by atoms with E-state index >= 15 is 0 Å². The van der Waals surface area contributed by atoms with Crippen molar-refractivity contribution in [3.8, 4) is 0 Å². The van der Waals surface area contributed by atoms with Crippen LogP contribution in [-0.4, -0.2) is 23.9 Å². The number of unbranched alkanes of at least 4 members (excludes halogenated alkanes) is 1. The van der Waals surface area contributed by atoms with Crippen molar-refractivity contribution in [1.29, 1.82) is 0 Å². The molecule has 0 aromatic carbocycles. The zero-order chi connectivity index (χ0) is 11.0. The molecule has 84 valence electrons. The minimum Gasteiger partial charge on any atom is -0.343 e. The number of carbonyl (C=O) groups is 1. The molecule has 0 N–H and O–H groups in total. The highest BCUT2D eigenvalue weighted by Gasteiger charge is 2.13. The summed E-state index contributed by atoms with van der Waals surface area (Å²) in [5, 5.41) is 0. The second kappa shape index (κ2) is 7.84. The van der Waals surface area contributed by atoms with Crippen molar-refractivity contribution in [2.45, 2.75) is 53.4 Å². The molecule has 0 aliphatic heterocycles. The van der Waals surface area contributed by atoms with Crippen molar-refractivity contribution >= 4 is 5.91 Å². The summed E-state index contributed by atoms with van der Waals surface area (Å²) in [7, 11) is 0. The Kier molecular flexibility index (Phi) is 7.54. The van der Waals surface area contributed by atoms with Gasteiger partial charge in [0.1, 0.15) is 0 Å². The van der Waals surface area contributed by atoms with Crippen LogP contribution in [0.4, 0.5) is 0 Å². The highest BCUT2D eigenvalue weighted by molar-refractivity contribution is 5.76. The number of hydrogen-bond donors (Lipinski definition) is 0. The SMILES string of the molecule is CCCCN(CC)C(=O)CC(C)CC. The van der Waals surface area contributed by atoms with Crippen LogP contribution in [0.25, 0.3) is 0 Å². The molecule has 2 heteroatoms. The molecule has 1 unspecified atom stereocenters. The number of amides is 1. The van der Waals surface area contributed by atoms with Gasteiger partial charge in [-0.3, -0.25) is 4.79 Å². The van der Waals surface area contributed by atoms with Gasteiger partial charge in [0.05, 0.1) is 0 Å². The predicted molar refractivity (Wildman–Crippen MR) is 61.2 cm³/mol. The lowest BCUT2D eigenvalue weighted by Crippen LogP contribution is -2.32. The van der Waals surface area contributed by atoms with Crippen LogP contribution in [0.15, 0.2) is 0 Å². The molecule has 0 aromatic heterocycles. The Hall–Kier alpha value is -0.530. The number of carbonyl (C=O) groups excluding carboxylic acids is 1. The molecule has 1 atom stereocenters. The third kappa shape index (κ3) is 5.25. The first-order chi connectivity index (χ1) is 6.65. The van der Waals surface area contributed by atoms with E-state index in [1.54, 1.807) is 0 Å². The molecule has 0 aliphatic rings. The second-order valence-corrected chi connectivity index (χ2v) is 4.04. The number of hydrogen-bond acceptors (Lipinski definition) is 1. The molecule has 0 spiro atoms. The molecule has 0 fully saturated rings. The van der Waals surface area contributed by atoms with Crippen LogP contribution in [0.3, 0.4) is 0 Å². The number of rotatable bonds is 7. The predicted octanol–water partition coefficient (Wildman–Crippen LogP) is 3.07. The van der Waals surface area contributed by atoms with E-state index in [0.717, 1.165) is 32.4 Å². The molecule has 0 radical (unpaired) electrons. The van der Waals surface area contributed by atoms with E-state index in [1.807, 2.05) is 4.90 Å². The lowest BCUT2D eigenvalue weighted by Gasteiger charge is -2.22. The maximum absolute atomic E-state index is 11.8. The Bertz CT molecular complexity index is 156. The molecular formula is C12H25NO. The largest absolute Gasteiger partial charge is 0.343 e. The van der Waals surface area contributed by atoms with Crippen molar-refractivity contribution < 1.29 is 4.79 Å². The van der Waals surface area contributed by atoms with Crippen LogP contribution in [0, 0.1) is 5.92 Å². The van der Waals surface area contributed by atoms with Crippen LogP contribution < -0.4 is 0 Å². The third-order valence-electron chi connectivity index (χ3n) is 2.74. The van der Waals surface area contributed by atoms with E-state index in [-0.39, 0.29) is 0 Å². The van der Waals surface area contributed by atoms with E-state index in [9.17, 15) is 4.79 Å². The average molecular weight is 199 g/mol. The Morgan fingerprint density at radius 2 is 1.93 bits per heavy atom. The molecule has 14 heavy (non-hydrogen) atoms. The summed E-state index contributed by atoms with van der Waals surface area (Å²) < 4.78 is 0. The maximum Gasteiger partial charge on any atom is 0.222 e. The topological polar surface area (TPSA) is 20.3 Å². The molecule has 0 rings (SSSR count). The zero-order valence-electron chi connectivity index (χ0n) is 10.2. The minimum atomic E-state index is 0.329. The van der Waals surface area contributed by atoms with Crippen LogP contribution in [0.5, 0.6) is 0 Å². The first-order valence-corrected chi connectivity index (χ1v) is 5.93. The number of nitrogens with zero attached hydrogens (tertiary/aromatic N) is 1. The Balaban J connectivity index is 3.90. The molecule has 0 bridgehead atoms. The summed E-state index contributed by atoms with van der Waals surface area (Å²) in [6.07, 6.45) is 4.10. The van der Waals surface area contributed by atoms with Gasteiger partial charge in [-0.15, -0.1) is 0 Å². The van der Waals surface area contributed by atoms with Crippen LogP contribution in [0.2, 0.25) is 0 Å². The normalized spacial score (nSPS) is 12.6. The standard InChI is InChI=1S/C12H25NO/c1-5-8-9-13(7-3)12(14)10-11(4)6-2/h11H,5-10H2,1-4H3. The Morgan fingerprint density at radius 1 is 1.29 bits per heavy atom. The molecule has 1 amide bonds. The summed E-state index contributed by atoms with van der Waals surface area (Å²) in [4.78, 5) is 13.8. The lowest BCUT2D eigenvalue weighted by atomic mass is 10.0. The third-order valence-corrected chi connectivity index (χ3v) is 2.74. The van der Waals surface area contributed by atoms with Gasteiger partial charge < -0.3 is 4.90 Å². The second-order valence-electron chi connectivity index (χ2n) is 4.04. The molecule has 0 heterocycles. The molecule has 0 saturated heterocycles. The Morgan fingerprint density at radius 3 is 2.36 bits per heavy atom. The van der Waals surface area contributed by atoms with Crippen molar-refractivity contribution in [3.63, 3.8) is 0 Å².